The minimum Gasteiger partial charge on any atom is -0.303 e. The van der Waals surface area contributed by atoms with Crippen LogP contribution in [0.1, 0.15) is 13.3 Å². The fraction of sp³-hybridized carbons (Fsp3) is 0.800. The third-order valence-corrected chi connectivity index (χ3v) is 1.07. The smallest absolute Gasteiger partial charge is 0.122 e. The van der Waals surface area contributed by atoms with E-state index in [1.165, 1.54) is 0 Å². The lowest BCUT2D eigenvalue weighted by Gasteiger charge is -1.94. The van der Waals surface area contributed by atoms with Crippen molar-refractivity contribution >= 4 is 18.9 Å². The summed E-state index contributed by atoms with van der Waals surface area (Å²) in [5.74, 6) is 0.998. The van der Waals surface area contributed by atoms with E-state index in [2.05, 4.69) is 12.6 Å². The average Bonchev–Trinajstić information content (AvgIpc) is 1.68. The normalized spacial score (nSPS) is 13.4. The lowest BCUT2D eigenvalue weighted by molar-refractivity contribution is -0.110. The van der Waals surface area contributed by atoms with Gasteiger partial charge in [0.15, 0.2) is 0 Å². The van der Waals surface area contributed by atoms with E-state index in [0.717, 1.165) is 18.5 Å². The molecule has 0 saturated carbocycles. The lowest BCUT2D eigenvalue weighted by atomic mass is 10.1. The Bertz CT molecular complexity index is 54.0. The predicted octanol–water partition coefficient (Wildman–Crippen LogP) is 1.14. The van der Waals surface area contributed by atoms with Crippen LogP contribution in [0, 0.1) is 5.92 Å². The van der Waals surface area contributed by atoms with Crippen LogP contribution in [0.15, 0.2) is 0 Å². The van der Waals surface area contributed by atoms with Crippen molar-refractivity contribution in [2.75, 3.05) is 5.75 Å². The number of rotatable bonds is 3. The second-order valence-corrected chi connectivity index (χ2v) is 2.07. The van der Waals surface area contributed by atoms with Crippen molar-refractivity contribution in [2.45, 2.75) is 13.3 Å². The summed E-state index contributed by atoms with van der Waals surface area (Å²) in [5, 5.41) is 0. The molecule has 7 heavy (non-hydrogen) atoms. The summed E-state index contributed by atoms with van der Waals surface area (Å²) in [6.07, 6.45) is 1.85. The Morgan fingerprint density at radius 1 is 1.86 bits per heavy atom. The highest BCUT2D eigenvalue weighted by atomic mass is 32.1. The quantitative estimate of drug-likeness (QED) is 0.434. The van der Waals surface area contributed by atoms with Gasteiger partial charge in [0.25, 0.3) is 0 Å². The Morgan fingerprint density at radius 2 is 2.43 bits per heavy atom. The summed E-state index contributed by atoms with van der Waals surface area (Å²) >= 11 is 3.96. The summed E-state index contributed by atoms with van der Waals surface area (Å²) in [6.45, 7) is 1.89. The zero-order valence-corrected chi connectivity index (χ0v) is 5.32. The molecule has 0 amide bonds. The van der Waals surface area contributed by atoms with Crippen LogP contribution < -0.4 is 0 Å². The van der Waals surface area contributed by atoms with Crippen LogP contribution in [0.2, 0.25) is 0 Å². The molecule has 2 heteroatoms. The molecule has 0 radical (unpaired) electrons. The first-order valence-corrected chi connectivity index (χ1v) is 3.00. The molecule has 0 aliphatic rings. The maximum absolute atomic E-state index is 9.86. The molecule has 0 aromatic rings. The zero-order chi connectivity index (χ0) is 5.70. The van der Waals surface area contributed by atoms with E-state index in [4.69, 9.17) is 0 Å². The second-order valence-electron chi connectivity index (χ2n) is 1.63. The van der Waals surface area contributed by atoms with Gasteiger partial charge in [-0.25, -0.2) is 0 Å². The SMILES string of the molecule is C[C@@H](C=O)CCS. The standard InChI is InChI=1S/C5H10OS/c1-5(4-6)2-3-7/h4-5,7H,2-3H2,1H3/t5-/m1/s1. The molecule has 0 saturated heterocycles. The van der Waals surface area contributed by atoms with Gasteiger partial charge in [-0.1, -0.05) is 6.92 Å². The minimum absolute atomic E-state index is 0.192. The molecule has 0 fully saturated rings. The predicted molar refractivity (Wildman–Crippen MR) is 33.7 cm³/mol. The number of thiol groups is 1. The first-order valence-electron chi connectivity index (χ1n) is 2.37. The van der Waals surface area contributed by atoms with Crippen LogP contribution in [0.25, 0.3) is 0 Å². The van der Waals surface area contributed by atoms with Crippen LogP contribution in [0.3, 0.4) is 0 Å². The van der Waals surface area contributed by atoms with E-state index in [9.17, 15) is 4.79 Å². The number of hydrogen-bond acceptors (Lipinski definition) is 2. The molecule has 0 aromatic heterocycles. The highest BCUT2D eigenvalue weighted by molar-refractivity contribution is 7.80. The maximum atomic E-state index is 9.86. The number of carbonyl (C=O) groups is 1. The molecule has 0 N–H and O–H groups in total. The Balaban J connectivity index is 2.98. The van der Waals surface area contributed by atoms with E-state index in [1.54, 1.807) is 0 Å². The molecule has 0 aliphatic heterocycles. The van der Waals surface area contributed by atoms with Crippen molar-refractivity contribution in [1.82, 2.24) is 0 Å². The lowest BCUT2D eigenvalue weighted by Crippen LogP contribution is -1.94. The van der Waals surface area contributed by atoms with Gasteiger partial charge in [0.1, 0.15) is 6.29 Å². The molecule has 0 spiro atoms. The van der Waals surface area contributed by atoms with Gasteiger partial charge in [-0.3, -0.25) is 0 Å². The molecule has 0 aromatic carbocycles. The largest absolute Gasteiger partial charge is 0.303 e. The van der Waals surface area contributed by atoms with Crippen molar-refractivity contribution in [1.29, 1.82) is 0 Å². The molecule has 42 valence electrons. The van der Waals surface area contributed by atoms with Gasteiger partial charge in [0, 0.05) is 5.92 Å². The van der Waals surface area contributed by atoms with Crippen LogP contribution in [-0.4, -0.2) is 12.0 Å². The van der Waals surface area contributed by atoms with Gasteiger partial charge in [0.05, 0.1) is 0 Å². The fourth-order valence-electron chi connectivity index (χ4n) is 0.272. The third kappa shape index (κ3) is 3.86. The molecule has 0 aliphatic carbocycles. The summed E-state index contributed by atoms with van der Waals surface area (Å²) in [6, 6.07) is 0. The molecule has 1 atom stereocenters. The van der Waals surface area contributed by atoms with Gasteiger partial charge in [-0.15, -0.1) is 0 Å². The van der Waals surface area contributed by atoms with Gasteiger partial charge in [-0.2, -0.15) is 12.6 Å². The van der Waals surface area contributed by atoms with E-state index in [0.29, 0.717) is 0 Å². The number of carbonyl (C=O) groups excluding carboxylic acids is 1. The van der Waals surface area contributed by atoms with Crippen LogP contribution in [0.5, 0.6) is 0 Å². The van der Waals surface area contributed by atoms with Gasteiger partial charge in [-0.05, 0) is 12.2 Å². The summed E-state index contributed by atoms with van der Waals surface area (Å²) in [4.78, 5) is 9.86. The van der Waals surface area contributed by atoms with E-state index >= 15 is 0 Å². The highest BCUT2D eigenvalue weighted by Gasteiger charge is 1.93. The fourth-order valence-corrected chi connectivity index (χ4v) is 0.679. The highest BCUT2D eigenvalue weighted by Crippen LogP contribution is 1.96. The summed E-state index contributed by atoms with van der Waals surface area (Å²) < 4.78 is 0. The van der Waals surface area contributed by atoms with Crippen molar-refractivity contribution in [3.8, 4) is 0 Å². The van der Waals surface area contributed by atoms with E-state index in [1.807, 2.05) is 6.92 Å². The maximum Gasteiger partial charge on any atom is 0.122 e. The van der Waals surface area contributed by atoms with E-state index in [-0.39, 0.29) is 5.92 Å². The van der Waals surface area contributed by atoms with E-state index < -0.39 is 0 Å². The van der Waals surface area contributed by atoms with Crippen molar-refractivity contribution < 1.29 is 4.79 Å². The van der Waals surface area contributed by atoms with Crippen LogP contribution in [0.4, 0.5) is 0 Å². The molecule has 0 heterocycles. The Kier molecular flexibility index (Phi) is 4.20. The average molecular weight is 118 g/mol. The summed E-state index contributed by atoms with van der Waals surface area (Å²) in [5.41, 5.74) is 0. The Morgan fingerprint density at radius 3 is 2.57 bits per heavy atom. The first-order chi connectivity index (χ1) is 3.31. The van der Waals surface area contributed by atoms with Crippen LogP contribution >= 0.6 is 12.6 Å². The monoisotopic (exact) mass is 118 g/mol. The Labute approximate surface area is 49.5 Å². The van der Waals surface area contributed by atoms with Gasteiger partial charge < -0.3 is 4.79 Å². The molecule has 0 rings (SSSR count). The number of hydrogen-bond donors (Lipinski definition) is 1. The molecular weight excluding hydrogens is 108 g/mol. The third-order valence-electron chi connectivity index (χ3n) is 0.817. The Hall–Kier alpha value is 0.0200. The van der Waals surface area contributed by atoms with Gasteiger partial charge in [0.2, 0.25) is 0 Å². The zero-order valence-electron chi connectivity index (χ0n) is 4.42. The topological polar surface area (TPSA) is 17.1 Å². The number of aldehydes is 1. The second kappa shape index (κ2) is 4.19. The molecular formula is C5H10OS. The minimum atomic E-state index is 0.192. The van der Waals surface area contributed by atoms with Crippen LogP contribution in [-0.2, 0) is 4.79 Å². The summed E-state index contributed by atoms with van der Waals surface area (Å²) in [7, 11) is 0. The van der Waals surface area contributed by atoms with Crippen molar-refractivity contribution in [2.24, 2.45) is 5.92 Å². The van der Waals surface area contributed by atoms with Gasteiger partial charge >= 0.3 is 0 Å². The molecule has 0 unspecified atom stereocenters. The van der Waals surface area contributed by atoms with Crippen molar-refractivity contribution in [3.63, 3.8) is 0 Å². The first kappa shape index (κ1) is 7.02. The molecule has 1 nitrogen and oxygen atoms in total. The molecule has 0 bridgehead atoms. The van der Waals surface area contributed by atoms with Crippen molar-refractivity contribution in [3.05, 3.63) is 0 Å².